The van der Waals surface area contributed by atoms with Crippen LogP contribution < -0.4 is 26.8 Å². The Balaban J connectivity index is 1.30. The molecule has 0 radical (unpaired) electrons. The lowest BCUT2D eigenvalue weighted by Gasteiger charge is -2.46. The third-order valence-corrected chi connectivity index (χ3v) is 6.27. The monoisotopic (exact) mass is 422 g/mol. The van der Waals surface area contributed by atoms with E-state index in [1.54, 1.807) is 0 Å². The maximum absolute atomic E-state index is 12.6. The fourth-order valence-electron chi connectivity index (χ4n) is 4.61. The minimum absolute atomic E-state index is 0.0100. The number of anilines is 1. The van der Waals surface area contributed by atoms with Crippen LogP contribution in [-0.4, -0.2) is 55.9 Å². The van der Waals surface area contributed by atoms with E-state index in [0.717, 1.165) is 44.1 Å². The molecule has 0 bridgehead atoms. The highest BCUT2D eigenvalue weighted by Crippen LogP contribution is 2.26. The molecule has 3 heterocycles. The van der Waals surface area contributed by atoms with Crippen LogP contribution in [0.2, 0.25) is 0 Å². The number of amides is 1. The van der Waals surface area contributed by atoms with Crippen molar-refractivity contribution in [1.82, 2.24) is 26.4 Å². The molecular weight excluding hydrogens is 392 g/mol. The maximum atomic E-state index is 12.6. The molecule has 3 aliphatic heterocycles. The highest BCUT2D eigenvalue weighted by molar-refractivity contribution is 5.81. The average Bonchev–Trinajstić information content (AvgIpc) is 2.81. The fourth-order valence-corrected chi connectivity index (χ4v) is 4.61. The number of rotatable bonds is 5. The lowest BCUT2D eigenvalue weighted by Crippen LogP contribution is -2.71. The van der Waals surface area contributed by atoms with Crippen molar-refractivity contribution in [3.05, 3.63) is 65.7 Å². The van der Waals surface area contributed by atoms with E-state index in [1.807, 2.05) is 18.2 Å². The van der Waals surface area contributed by atoms with Gasteiger partial charge in [0.15, 0.2) is 0 Å². The number of ether oxygens (including phenoxy) is 1. The molecule has 2 aromatic rings. The van der Waals surface area contributed by atoms with Gasteiger partial charge < -0.3 is 10.1 Å². The first-order valence-electron chi connectivity index (χ1n) is 11.0. The molecule has 1 amide bonds. The van der Waals surface area contributed by atoms with Gasteiger partial charge in [0.05, 0.1) is 31.5 Å². The number of nitrogens with one attached hydrogen (secondary N) is 5. The van der Waals surface area contributed by atoms with Crippen molar-refractivity contribution in [2.75, 3.05) is 38.2 Å². The van der Waals surface area contributed by atoms with Crippen molar-refractivity contribution in [2.45, 2.75) is 24.9 Å². The second-order valence-corrected chi connectivity index (χ2v) is 8.39. The van der Waals surface area contributed by atoms with E-state index < -0.39 is 0 Å². The number of carbonyl (C=O) groups excluding carboxylic acids is 1. The molecule has 0 aromatic heterocycles. The quantitative estimate of drug-likeness (QED) is 0.486. The molecule has 5 N–H and O–H groups in total. The van der Waals surface area contributed by atoms with Crippen LogP contribution in [0.4, 0.5) is 5.69 Å². The van der Waals surface area contributed by atoms with Crippen LogP contribution in [0.25, 0.3) is 0 Å². The molecule has 3 saturated heterocycles. The first-order chi connectivity index (χ1) is 15.3. The average molecular weight is 423 g/mol. The fraction of sp³-hybridized carbons (Fsp3) is 0.435. The third kappa shape index (κ3) is 4.73. The SMILES string of the molecule is O=C1NNCC2NC(c3ccccc3)NC(Nc3ccc(CN4CCOCC4)cc3)C12. The van der Waals surface area contributed by atoms with E-state index in [1.165, 1.54) is 5.56 Å². The Bertz CT molecular complexity index is 871. The highest BCUT2D eigenvalue weighted by atomic mass is 16.5. The molecule has 31 heavy (non-hydrogen) atoms. The normalized spacial score (nSPS) is 29.1. The summed E-state index contributed by atoms with van der Waals surface area (Å²) in [5, 5.41) is 10.7. The summed E-state index contributed by atoms with van der Waals surface area (Å²) in [7, 11) is 0. The van der Waals surface area contributed by atoms with Crippen LogP contribution in [0, 0.1) is 5.92 Å². The van der Waals surface area contributed by atoms with Crippen molar-refractivity contribution in [3.63, 3.8) is 0 Å². The van der Waals surface area contributed by atoms with Gasteiger partial charge in [-0.3, -0.25) is 25.8 Å². The van der Waals surface area contributed by atoms with Gasteiger partial charge in [-0.1, -0.05) is 42.5 Å². The van der Waals surface area contributed by atoms with Gasteiger partial charge in [0.25, 0.3) is 0 Å². The lowest BCUT2D eigenvalue weighted by molar-refractivity contribution is -0.131. The molecule has 164 valence electrons. The number of hydrazine groups is 1. The lowest BCUT2D eigenvalue weighted by atomic mass is 9.89. The standard InChI is InChI=1S/C23H30N6O2/c30-23-20-19(14-24-28-23)26-21(17-4-2-1-3-5-17)27-22(20)25-18-8-6-16(7-9-18)15-29-10-12-31-13-11-29/h1-9,19-22,24-27H,10-15H2,(H,28,30). The summed E-state index contributed by atoms with van der Waals surface area (Å²) in [6, 6.07) is 18.8. The van der Waals surface area contributed by atoms with Crippen molar-refractivity contribution in [3.8, 4) is 0 Å². The van der Waals surface area contributed by atoms with E-state index in [4.69, 9.17) is 4.74 Å². The summed E-state index contributed by atoms with van der Waals surface area (Å²) >= 11 is 0. The number of morpholine rings is 1. The van der Waals surface area contributed by atoms with Crippen LogP contribution in [0.1, 0.15) is 17.3 Å². The number of benzene rings is 2. The maximum Gasteiger partial charge on any atom is 0.242 e. The smallest absolute Gasteiger partial charge is 0.242 e. The molecule has 4 atom stereocenters. The third-order valence-electron chi connectivity index (χ3n) is 6.27. The van der Waals surface area contributed by atoms with Crippen LogP contribution in [0.3, 0.4) is 0 Å². The molecule has 8 heteroatoms. The highest BCUT2D eigenvalue weighted by Gasteiger charge is 2.43. The van der Waals surface area contributed by atoms with Gasteiger partial charge >= 0.3 is 0 Å². The Morgan fingerprint density at radius 1 is 1.00 bits per heavy atom. The number of fused-ring (bicyclic) bond motifs is 1. The molecule has 0 spiro atoms. The number of hydrogen-bond donors (Lipinski definition) is 5. The van der Waals surface area contributed by atoms with Crippen LogP contribution in [-0.2, 0) is 16.1 Å². The summed E-state index contributed by atoms with van der Waals surface area (Å²) in [6.45, 7) is 5.19. The zero-order valence-electron chi connectivity index (χ0n) is 17.5. The summed E-state index contributed by atoms with van der Waals surface area (Å²) in [4.78, 5) is 15.0. The van der Waals surface area contributed by atoms with Crippen molar-refractivity contribution < 1.29 is 9.53 Å². The zero-order valence-corrected chi connectivity index (χ0v) is 17.5. The predicted octanol–water partition coefficient (Wildman–Crippen LogP) is 0.768. The molecule has 2 aromatic carbocycles. The van der Waals surface area contributed by atoms with Crippen molar-refractivity contribution in [2.24, 2.45) is 5.92 Å². The molecule has 5 rings (SSSR count). The number of hydrogen-bond acceptors (Lipinski definition) is 7. The molecule has 4 unspecified atom stereocenters. The first-order valence-corrected chi connectivity index (χ1v) is 11.0. The van der Waals surface area contributed by atoms with E-state index in [9.17, 15) is 4.79 Å². The second-order valence-electron chi connectivity index (χ2n) is 8.39. The van der Waals surface area contributed by atoms with Gasteiger partial charge in [-0.15, -0.1) is 0 Å². The van der Waals surface area contributed by atoms with Gasteiger partial charge in [0, 0.05) is 37.9 Å². The summed E-state index contributed by atoms with van der Waals surface area (Å²) in [6.07, 6.45) is -0.225. The van der Waals surface area contributed by atoms with Crippen LogP contribution in [0.15, 0.2) is 54.6 Å². The summed E-state index contributed by atoms with van der Waals surface area (Å²) < 4.78 is 5.43. The largest absolute Gasteiger partial charge is 0.379 e. The molecule has 0 saturated carbocycles. The molecule has 8 nitrogen and oxygen atoms in total. The zero-order chi connectivity index (χ0) is 21.0. The van der Waals surface area contributed by atoms with E-state index in [-0.39, 0.29) is 30.2 Å². The van der Waals surface area contributed by atoms with Gasteiger partial charge in [-0.25, -0.2) is 5.43 Å². The summed E-state index contributed by atoms with van der Waals surface area (Å²) in [5.41, 5.74) is 9.22. The Morgan fingerprint density at radius 2 is 1.77 bits per heavy atom. The van der Waals surface area contributed by atoms with Crippen molar-refractivity contribution in [1.29, 1.82) is 0 Å². The van der Waals surface area contributed by atoms with Crippen molar-refractivity contribution >= 4 is 11.6 Å². The molecule has 3 fully saturated rings. The molecule has 3 aliphatic rings. The van der Waals surface area contributed by atoms with E-state index in [0.29, 0.717) is 6.54 Å². The van der Waals surface area contributed by atoms with Gasteiger partial charge in [-0.2, -0.15) is 0 Å². The Hall–Kier alpha value is -2.49. The van der Waals surface area contributed by atoms with Gasteiger partial charge in [-0.05, 0) is 23.3 Å². The van der Waals surface area contributed by atoms with E-state index in [2.05, 4.69) is 68.1 Å². The van der Waals surface area contributed by atoms with Gasteiger partial charge in [0.1, 0.15) is 0 Å². The van der Waals surface area contributed by atoms with Crippen LogP contribution >= 0.6 is 0 Å². The second kappa shape index (κ2) is 9.33. The van der Waals surface area contributed by atoms with E-state index >= 15 is 0 Å². The molecule has 0 aliphatic carbocycles. The minimum Gasteiger partial charge on any atom is -0.379 e. The van der Waals surface area contributed by atoms with Crippen LogP contribution in [0.5, 0.6) is 0 Å². The number of nitrogens with zero attached hydrogens (tertiary/aromatic N) is 1. The molecular formula is C23H30N6O2. The minimum atomic E-state index is -0.228. The van der Waals surface area contributed by atoms with Gasteiger partial charge in [0.2, 0.25) is 5.91 Å². The first kappa shape index (κ1) is 20.4. The number of carbonyl (C=O) groups is 1. The predicted molar refractivity (Wildman–Crippen MR) is 119 cm³/mol. The Kier molecular flexibility index (Phi) is 6.15. The summed E-state index contributed by atoms with van der Waals surface area (Å²) in [5.74, 6) is -0.238. The Morgan fingerprint density at radius 3 is 2.55 bits per heavy atom. The Labute approximate surface area is 182 Å². The topological polar surface area (TPSA) is 89.7 Å².